The Kier molecular flexibility index (Phi) is 15.9. The summed E-state index contributed by atoms with van der Waals surface area (Å²) in [5.41, 5.74) is 24.8. The van der Waals surface area contributed by atoms with Crippen molar-refractivity contribution in [1.29, 1.82) is 0 Å². The number of aromatic nitrogens is 10. The fourth-order valence-corrected chi connectivity index (χ4v) is 16.5. The van der Waals surface area contributed by atoms with Gasteiger partial charge < -0.3 is 17.7 Å². The maximum absolute atomic E-state index is 7.29. The Bertz CT molecular complexity index is 7850. The molecule has 23 aromatic rings. The molecule has 0 N–H and O–H groups in total. The van der Waals surface area contributed by atoms with Crippen LogP contribution in [0.5, 0.6) is 0 Å². The highest BCUT2D eigenvalue weighted by Crippen LogP contribution is 2.48. The molecule has 14 nitrogen and oxygen atoms in total. The number of nitrogens with zero attached hydrogens (tertiary/aromatic N) is 10. The topological polar surface area (TPSA) is 181 Å². The lowest BCUT2D eigenvalue weighted by Crippen LogP contribution is -2.00. The monoisotopic (exact) mass is 1510 g/mol. The summed E-state index contributed by atoms with van der Waals surface area (Å²) in [6, 6.07) is 123. The fourth-order valence-electron chi connectivity index (χ4n) is 16.5. The van der Waals surface area contributed by atoms with Crippen LogP contribution >= 0.6 is 0 Å². The predicted molar refractivity (Wildman–Crippen MR) is 470 cm³/mol. The molecule has 23 rings (SSSR count). The minimum atomic E-state index is 0.498. The van der Waals surface area contributed by atoms with Crippen molar-refractivity contribution in [2.24, 2.45) is 0 Å². The van der Waals surface area contributed by atoms with Crippen molar-refractivity contribution in [3.05, 3.63) is 364 Å². The molecular formula is C104H60N10O4. The minimum absolute atomic E-state index is 0.498. The smallest absolute Gasteiger partial charge is 0.180 e. The minimum Gasteiger partial charge on any atom is -0.456 e. The number of furan rings is 4. The lowest BCUT2D eigenvalue weighted by molar-refractivity contribution is 0.667. The molecule has 8 heterocycles. The molecule has 0 unspecified atom stereocenters. The van der Waals surface area contributed by atoms with Crippen LogP contribution in [0.4, 0.5) is 0 Å². The Morgan fingerprint density at radius 2 is 0.458 bits per heavy atom. The molecule has 0 aliphatic carbocycles. The van der Waals surface area contributed by atoms with E-state index in [9.17, 15) is 0 Å². The number of fused-ring (bicyclic) bond motifs is 12. The molecule has 15 aromatic carbocycles. The van der Waals surface area contributed by atoms with E-state index in [0.717, 1.165) is 166 Å². The van der Waals surface area contributed by atoms with E-state index >= 15 is 0 Å². The summed E-state index contributed by atoms with van der Waals surface area (Å²) in [4.78, 5) is 52.7. The third-order valence-electron chi connectivity index (χ3n) is 22.1. The summed E-state index contributed by atoms with van der Waals surface area (Å²) < 4.78 is 27.0. The molecule has 0 saturated carbocycles. The van der Waals surface area contributed by atoms with Gasteiger partial charge in [0, 0.05) is 93.5 Å². The van der Waals surface area contributed by atoms with Crippen molar-refractivity contribution in [3.63, 3.8) is 0 Å². The highest BCUT2D eigenvalue weighted by Gasteiger charge is 2.27. The van der Waals surface area contributed by atoms with Gasteiger partial charge in [-0.1, -0.05) is 297 Å². The van der Waals surface area contributed by atoms with Gasteiger partial charge in [0.1, 0.15) is 55.9 Å². The summed E-state index contributed by atoms with van der Waals surface area (Å²) in [7, 11) is 0. The molecule has 550 valence electrons. The van der Waals surface area contributed by atoms with Gasteiger partial charge in [-0.15, -0.1) is 0 Å². The van der Waals surface area contributed by atoms with E-state index in [4.69, 9.17) is 67.5 Å². The zero-order chi connectivity index (χ0) is 77.7. The summed E-state index contributed by atoms with van der Waals surface area (Å²) in [5, 5.41) is 5.42. The van der Waals surface area contributed by atoms with Gasteiger partial charge in [0.2, 0.25) is 0 Å². The third kappa shape index (κ3) is 11.6. The Hall–Kier alpha value is -16.3. The zero-order valence-corrected chi connectivity index (χ0v) is 62.7. The van der Waals surface area contributed by atoms with Crippen molar-refractivity contribution in [3.8, 4) is 158 Å². The van der Waals surface area contributed by atoms with Gasteiger partial charge in [-0.3, -0.25) is 0 Å². The van der Waals surface area contributed by atoms with Gasteiger partial charge in [-0.05, 0) is 106 Å². The highest BCUT2D eigenvalue weighted by molar-refractivity contribution is 6.21. The van der Waals surface area contributed by atoms with Crippen LogP contribution in [0.2, 0.25) is 0 Å². The van der Waals surface area contributed by atoms with Crippen LogP contribution in [-0.2, 0) is 0 Å². The summed E-state index contributed by atoms with van der Waals surface area (Å²) >= 11 is 0. The van der Waals surface area contributed by atoms with Crippen LogP contribution in [0.15, 0.2) is 382 Å². The van der Waals surface area contributed by atoms with Gasteiger partial charge >= 0.3 is 0 Å². The van der Waals surface area contributed by atoms with E-state index in [-0.39, 0.29) is 0 Å². The van der Waals surface area contributed by atoms with Crippen LogP contribution in [-0.4, -0.2) is 49.8 Å². The zero-order valence-electron chi connectivity index (χ0n) is 62.7. The van der Waals surface area contributed by atoms with E-state index < -0.39 is 0 Å². The van der Waals surface area contributed by atoms with E-state index in [2.05, 4.69) is 158 Å². The van der Waals surface area contributed by atoms with Crippen LogP contribution in [0.1, 0.15) is 0 Å². The second-order valence-corrected chi connectivity index (χ2v) is 29.2. The van der Waals surface area contributed by atoms with E-state index in [1.165, 1.54) is 0 Å². The van der Waals surface area contributed by atoms with E-state index in [0.29, 0.717) is 80.2 Å². The van der Waals surface area contributed by atoms with Crippen LogP contribution in [0.25, 0.3) is 246 Å². The lowest BCUT2D eigenvalue weighted by atomic mass is 9.93. The second kappa shape index (κ2) is 27.8. The SMILES string of the molecule is c1ccc(-c2nc(-c3cccc(-c4ccc(-c5ccc(-c6nc(-c7ccccc7)nc(-c7ccccc7)n6)c6c5oc5cccc(-c7cccc(-c8nc(-c9ccccc9)c9oc%10ccccc%10c9n8)c7)c56)cc4)c3)nc(-c3cccc4oc5cccc(-c6ccc(-c7nc(-c8ccccc8)c8oc9ccccc9c8n7)cc6)c5c34)n2)cc1. The molecule has 0 atom stereocenters. The number of para-hydroxylation sites is 2. The Balaban J connectivity index is 0.627. The average Bonchev–Trinajstić information content (AvgIpc) is 1.61. The molecule has 0 radical (unpaired) electrons. The predicted octanol–water partition coefficient (Wildman–Crippen LogP) is 26.6. The lowest BCUT2D eigenvalue weighted by Gasteiger charge is -2.12. The molecule has 0 saturated heterocycles. The summed E-state index contributed by atoms with van der Waals surface area (Å²) in [6.07, 6.45) is 0. The molecule has 0 fully saturated rings. The summed E-state index contributed by atoms with van der Waals surface area (Å²) in [6.45, 7) is 0. The van der Waals surface area contributed by atoms with Gasteiger partial charge in [0.15, 0.2) is 57.8 Å². The van der Waals surface area contributed by atoms with Crippen molar-refractivity contribution >= 4 is 88.0 Å². The first-order chi connectivity index (χ1) is 58.4. The molecule has 0 amide bonds. The summed E-state index contributed by atoms with van der Waals surface area (Å²) in [5.74, 6) is 4.31. The second-order valence-electron chi connectivity index (χ2n) is 29.2. The standard InChI is InChI=1S/C104H60N10O4/c1-6-25-64(26-7-1)90-95-92(77-39-16-18-44-81(77)116-95)107-97(105-90)69-55-53-62(54-56-69)74-41-22-46-83-86(74)88-79(43-24-47-84(88)115-83)103-111-100(68-33-14-5-15-34-68)110-102(114-103)72-37-20-35-70(59-72)61-49-51-63(52-50-61)76-57-58-80(104-112-98(66-29-10-3-11-30-66)109-99(113-104)67-31-12-4-13-32-67)89-87-75(42-23-48-85(87)118-94(76)89)71-36-21-38-73(60-71)101-106-91(65-27-8-2-9-28-65)96-93(108-101)78-40-17-19-45-82(78)117-96/h1-60H. The largest absolute Gasteiger partial charge is 0.456 e. The molecule has 118 heavy (non-hydrogen) atoms. The van der Waals surface area contributed by atoms with Crippen molar-refractivity contribution < 1.29 is 17.7 Å². The van der Waals surface area contributed by atoms with Crippen LogP contribution < -0.4 is 0 Å². The number of rotatable bonds is 14. The number of hydrogen-bond acceptors (Lipinski definition) is 14. The quantitative estimate of drug-likeness (QED) is 0.100. The molecule has 0 aliphatic heterocycles. The van der Waals surface area contributed by atoms with Crippen LogP contribution in [0, 0.1) is 0 Å². The maximum Gasteiger partial charge on any atom is 0.180 e. The molecule has 0 bridgehead atoms. The van der Waals surface area contributed by atoms with Gasteiger partial charge in [-0.2, -0.15) is 0 Å². The molecule has 14 heteroatoms. The Morgan fingerprint density at radius 1 is 0.153 bits per heavy atom. The number of benzene rings is 15. The Labute approximate surface area is 673 Å². The van der Waals surface area contributed by atoms with Gasteiger partial charge in [0.25, 0.3) is 0 Å². The Morgan fingerprint density at radius 3 is 0.975 bits per heavy atom. The molecule has 8 aromatic heterocycles. The molecule has 0 aliphatic rings. The van der Waals surface area contributed by atoms with Crippen molar-refractivity contribution in [1.82, 2.24) is 49.8 Å². The molecule has 0 spiro atoms. The first kappa shape index (κ1) is 67.4. The third-order valence-corrected chi connectivity index (χ3v) is 22.1. The van der Waals surface area contributed by atoms with E-state index in [1.54, 1.807) is 0 Å². The van der Waals surface area contributed by atoms with Crippen LogP contribution in [0.3, 0.4) is 0 Å². The van der Waals surface area contributed by atoms with Crippen molar-refractivity contribution in [2.45, 2.75) is 0 Å². The normalized spacial score (nSPS) is 11.7. The first-order valence-electron chi connectivity index (χ1n) is 39.0. The fraction of sp³-hybridized carbons (Fsp3) is 0. The first-order valence-corrected chi connectivity index (χ1v) is 39.0. The van der Waals surface area contributed by atoms with E-state index in [1.807, 2.05) is 206 Å². The number of hydrogen-bond donors (Lipinski definition) is 0. The highest BCUT2D eigenvalue weighted by atomic mass is 16.3. The van der Waals surface area contributed by atoms with Gasteiger partial charge in [0.05, 0.1) is 0 Å². The molecular weight excluding hydrogens is 1450 g/mol. The average molecular weight is 1510 g/mol. The van der Waals surface area contributed by atoms with Gasteiger partial charge in [-0.25, -0.2) is 49.8 Å². The maximum atomic E-state index is 7.29. The van der Waals surface area contributed by atoms with Crippen molar-refractivity contribution in [2.75, 3.05) is 0 Å².